The molecular formula is C28H24F17O2P. The molecule has 1 N–H and O–H groups in total. The van der Waals surface area contributed by atoms with E-state index in [0.717, 1.165) is 24.3 Å². The first kappa shape index (κ1) is 39.9. The average Bonchev–Trinajstić information content (AvgIpc) is 2.97. The minimum Gasteiger partial charge on any atom is -0.390 e. The minimum absolute atomic E-state index is 0.00337. The van der Waals surface area contributed by atoms with Crippen LogP contribution in [0.15, 0.2) is 60.7 Å². The molecule has 0 saturated heterocycles. The molecule has 0 heterocycles. The fourth-order valence-electron chi connectivity index (χ4n) is 5.17. The lowest BCUT2D eigenvalue weighted by Crippen LogP contribution is -2.74. The molecule has 0 amide bonds. The second kappa shape index (κ2) is 12.3. The molecule has 1 atom stereocenters. The van der Waals surface area contributed by atoms with E-state index in [1.165, 1.54) is 36.4 Å². The molecule has 0 aliphatic heterocycles. The number of hydrogen-bond acceptors (Lipinski definition) is 2. The second-order valence-corrected chi connectivity index (χ2v) is 14.5. The molecule has 2 nitrogen and oxygen atoms in total. The Balaban J connectivity index is 2.17. The molecule has 0 aromatic heterocycles. The summed E-state index contributed by atoms with van der Waals surface area (Å²) < 4.78 is 252. The van der Waals surface area contributed by atoms with Gasteiger partial charge in [0.05, 0.1) is 5.60 Å². The number of aliphatic hydroxyl groups is 1. The standard InChI is InChI=1S/C28H24F17O2P/c29-21(30,22(31,32)23(33,34)24(35,36)25(37,38)26(39,40)27(41,42)28(43,44)45)16-19(12-15-20(46)13-7-14-20)48(47,17-8-3-1-4-9-17)18-10-5-2-6-11-18/h1-6,8-11,19,46H,7,12-16H2. The molecule has 1 unspecified atom stereocenters. The lowest BCUT2D eigenvalue weighted by molar-refractivity contribution is -0.461. The minimum atomic E-state index is -8.74. The zero-order chi connectivity index (χ0) is 37.0. The van der Waals surface area contributed by atoms with Gasteiger partial charge in [-0.25, -0.2) is 0 Å². The van der Waals surface area contributed by atoms with Crippen LogP contribution in [0.4, 0.5) is 74.6 Å². The van der Waals surface area contributed by atoms with Gasteiger partial charge >= 0.3 is 47.6 Å². The lowest BCUT2D eigenvalue weighted by atomic mass is 9.76. The third kappa shape index (κ3) is 6.08. The zero-order valence-electron chi connectivity index (χ0n) is 23.8. The van der Waals surface area contributed by atoms with Crippen molar-refractivity contribution in [2.75, 3.05) is 0 Å². The smallest absolute Gasteiger partial charge is 0.390 e. The van der Waals surface area contributed by atoms with Gasteiger partial charge < -0.3 is 9.67 Å². The van der Waals surface area contributed by atoms with Crippen LogP contribution in [0.3, 0.4) is 0 Å². The summed E-state index contributed by atoms with van der Waals surface area (Å²) in [5, 5.41) is 9.73. The summed E-state index contributed by atoms with van der Waals surface area (Å²) in [5.74, 6) is -57.4. The number of hydrogen-bond donors (Lipinski definition) is 1. The van der Waals surface area contributed by atoms with E-state index in [1.54, 1.807) is 0 Å². The van der Waals surface area contributed by atoms with Gasteiger partial charge in [0.2, 0.25) is 0 Å². The molecule has 1 fully saturated rings. The van der Waals surface area contributed by atoms with E-state index in [0.29, 0.717) is 6.42 Å². The maximum Gasteiger partial charge on any atom is 0.460 e. The van der Waals surface area contributed by atoms with Gasteiger partial charge in [-0.2, -0.15) is 74.6 Å². The van der Waals surface area contributed by atoms with Crippen LogP contribution in [0, 0.1) is 0 Å². The molecule has 0 bridgehead atoms. The number of halogens is 17. The lowest BCUT2D eigenvalue weighted by Gasteiger charge is -2.44. The van der Waals surface area contributed by atoms with Crippen molar-refractivity contribution in [1.29, 1.82) is 0 Å². The summed E-state index contributed by atoms with van der Waals surface area (Å²) >= 11 is 0. The molecule has 3 rings (SSSR count). The molecule has 0 spiro atoms. The molecule has 1 aliphatic rings. The molecule has 1 aliphatic carbocycles. The highest BCUT2D eigenvalue weighted by atomic mass is 31.2. The highest BCUT2D eigenvalue weighted by Gasteiger charge is 2.95. The first-order chi connectivity index (χ1) is 21.5. The van der Waals surface area contributed by atoms with Gasteiger partial charge in [-0.1, -0.05) is 60.7 Å². The Hall–Kier alpha value is -2.56. The van der Waals surface area contributed by atoms with Crippen LogP contribution in [0.25, 0.3) is 0 Å². The van der Waals surface area contributed by atoms with Crippen molar-refractivity contribution in [3.8, 4) is 0 Å². The van der Waals surface area contributed by atoms with E-state index in [1.807, 2.05) is 0 Å². The number of alkyl halides is 17. The van der Waals surface area contributed by atoms with Crippen molar-refractivity contribution in [3.05, 3.63) is 60.7 Å². The van der Waals surface area contributed by atoms with Crippen LogP contribution in [-0.2, 0) is 4.57 Å². The van der Waals surface area contributed by atoms with Crippen molar-refractivity contribution >= 4 is 17.8 Å². The average molecular weight is 746 g/mol. The third-order valence-corrected chi connectivity index (χ3v) is 11.9. The summed E-state index contributed by atoms with van der Waals surface area (Å²) in [4.78, 5) is 0. The Bertz CT molecular complexity index is 1410. The Morgan fingerprint density at radius 3 is 1.27 bits per heavy atom. The van der Waals surface area contributed by atoms with E-state index in [2.05, 4.69) is 0 Å². The van der Waals surface area contributed by atoms with Gasteiger partial charge in [-0.3, -0.25) is 0 Å². The molecule has 0 radical (unpaired) electrons. The maximum atomic E-state index is 15.4. The topological polar surface area (TPSA) is 37.3 Å². The molecule has 48 heavy (non-hydrogen) atoms. The molecule has 1 saturated carbocycles. The van der Waals surface area contributed by atoms with Gasteiger partial charge in [0.15, 0.2) is 0 Å². The number of rotatable bonds is 14. The SMILES string of the molecule is O=P(c1ccccc1)(c1ccccc1)C(CCC1(O)CCC1)CC(F)(F)C(F)(F)C(F)(F)C(F)(F)C(F)(F)C(F)(F)C(F)(F)C(F)(F)F. The second-order valence-electron chi connectivity index (χ2n) is 11.5. The van der Waals surface area contributed by atoms with E-state index < -0.39 is 95.9 Å². The van der Waals surface area contributed by atoms with Crippen LogP contribution < -0.4 is 10.6 Å². The fourth-order valence-corrected chi connectivity index (χ4v) is 8.52. The van der Waals surface area contributed by atoms with Gasteiger partial charge in [0.1, 0.15) is 7.14 Å². The maximum absolute atomic E-state index is 15.4. The van der Waals surface area contributed by atoms with Crippen molar-refractivity contribution < 1.29 is 84.3 Å². The zero-order valence-corrected chi connectivity index (χ0v) is 24.7. The van der Waals surface area contributed by atoms with E-state index in [9.17, 15) is 75.5 Å². The predicted molar refractivity (Wildman–Crippen MR) is 137 cm³/mol. The molecule has 20 heteroatoms. The third-order valence-electron chi connectivity index (χ3n) is 8.30. The normalized spacial score (nSPS) is 18.0. The van der Waals surface area contributed by atoms with Crippen molar-refractivity contribution in [2.45, 2.75) is 97.4 Å². The van der Waals surface area contributed by atoms with Crippen LogP contribution in [-0.4, -0.2) is 64.0 Å². The summed E-state index contributed by atoms with van der Waals surface area (Å²) in [6.07, 6.45) is -11.9. The van der Waals surface area contributed by atoms with Gasteiger partial charge in [0.25, 0.3) is 0 Å². The first-order valence-electron chi connectivity index (χ1n) is 13.6. The Kier molecular flexibility index (Phi) is 10.3. The highest BCUT2D eigenvalue weighted by Crippen LogP contribution is 2.65. The molecule has 272 valence electrons. The molecule has 2 aromatic carbocycles. The Labute approximate surface area is 260 Å². The summed E-state index contributed by atoms with van der Waals surface area (Å²) in [5.41, 5.74) is -4.17. The van der Waals surface area contributed by atoms with Gasteiger partial charge in [-0.15, -0.1) is 0 Å². The summed E-state index contributed by atoms with van der Waals surface area (Å²) in [6.45, 7) is 0. The van der Waals surface area contributed by atoms with Gasteiger partial charge in [-0.05, 0) is 32.1 Å². The Morgan fingerprint density at radius 2 is 0.938 bits per heavy atom. The van der Waals surface area contributed by atoms with E-state index >= 15 is 8.78 Å². The monoisotopic (exact) mass is 746 g/mol. The van der Waals surface area contributed by atoms with Crippen LogP contribution in [0.2, 0.25) is 0 Å². The van der Waals surface area contributed by atoms with Crippen LogP contribution in [0.5, 0.6) is 0 Å². The van der Waals surface area contributed by atoms with Crippen LogP contribution in [0.1, 0.15) is 38.5 Å². The predicted octanol–water partition coefficient (Wildman–Crippen LogP) is 9.46. The summed E-state index contributed by atoms with van der Waals surface area (Å²) in [7, 11) is -4.81. The molecular weight excluding hydrogens is 722 g/mol. The first-order valence-corrected chi connectivity index (χ1v) is 15.4. The van der Waals surface area contributed by atoms with Crippen molar-refractivity contribution in [3.63, 3.8) is 0 Å². The van der Waals surface area contributed by atoms with Gasteiger partial charge in [0, 0.05) is 22.7 Å². The fraction of sp³-hybridized carbons (Fsp3) is 0.571. The van der Waals surface area contributed by atoms with Crippen molar-refractivity contribution in [1.82, 2.24) is 0 Å². The van der Waals surface area contributed by atoms with Crippen LogP contribution >= 0.6 is 7.14 Å². The van der Waals surface area contributed by atoms with E-state index in [-0.39, 0.29) is 12.8 Å². The van der Waals surface area contributed by atoms with E-state index in [4.69, 9.17) is 0 Å². The molecule has 2 aromatic rings. The Morgan fingerprint density at radius 1 is 0.583 bits per heavy atom. The highest BCUT2D eigenvalue weighted by molar-refractivity contribution is 7.79. The quantitative estimate of drug-likeness (QED) is 0.155. The number of benzene rings is 2. The summed E-state index contributed by atoms with van der Waals surface area (Å²) in [6, 6.07) is 11.5. The van der Waals surface area contributed by atoms with Crippen molar-refractivity contribution in [2.24, 2.45) is 0 Å². The largest absolute Gasteiger partial charge is 0.460 e.